The summed E-state index contributed by atoms with van der Waals surface area (Å²) in [5.41, 5.74) is 2.00. The molecule has 7 nitrogen and oxygen atoms in total. The fourth-order valence-electron chi connectivity index (χ4n) is 2.92. The second kappa shape index (κ2) is 6.64. The van der Waals surface area contributed by atoms with Gasteiger partial charge >= 0.3 is 0 Å². The number of fused-ring (bicyclic) bond motifs is 1. The van der Waals surface area contributed by atoms with E-state index in [1.807, 2.05) is 0 Å². The molecule has 0 bridgehead atoms. The number of hydrogen-bond acceptors (Lipinski definition) is 5. The average molecular weight is 317 g/mol. The third-order valence-electron chi connectivity index (χ3n) is 4.74. The van der Waals surface area contributed by atoms with Gasteiger partial charge in [-0.05, 0) is 31.5 Å². The van der Waals surface area contributed by atoms with E-state index in [-0.39, 0.29) is 11.4 Å². The normalized spacial score (nSPS) is 18.7. The molecule has 1 atom stereocenters. The highest BCUT2D eigenvalue weighted by Crippen LogP contribution is 2.20. The number of amides is 1. The summed E-state index contributed by atoms with van der Waals surface area (Å²) in [6.45, 7) is 8.29. The van der Waals surface area contributed by atoms with E-state index >= 15 is 0 Å². The number of nitrogens with one attached hydrogen (secondary N) is 2. The van der Waals surface area contributed by atoms with Crippen LogP contribution in [0.3, 0.4) is 0 Å². The van der Waals surface area contributed by atoms with Crippen molar-refractivity contribution in [3.8, 4) is 0 Å². The van der Waals surface area contributed by atoms with Gasteiger partial charge in [0.05, 0.1) is 13.2 Å². The molecule has 1 amide bonds. The first kappa shape index (κ1) is 15.9. The molecule has 1 aromatic heterocycles. The highest BCUT2D eigenvalue weighted by atomic mass is 16.5. The first-order chi connectivity index (χ1) is 11.1. The quantitative estimate of drug-likeness (QED) is 0.865. The lowest BCUT2D eigenvalue weighted by molar-refractivity contribution is -0.0169. The van der Waals surface area contributed by atoms with E-state index in [0.717, 1.165) is 38.2 Å². The number of ether oxygens (including phenoxy) is 1. The van der Waals surface area contributed by atoms with E-state index in [0.29, 0.717) is 17.6 Å². The monoisotopic (exact) mass is 317 g/mol. The van der Waals surface area contributed by atoms with Gasteiger partial charge in [0.1, 0.15) is 11.0 Å². The predicted octanol–water partition coefficient (Wildman–Crippen LogP) is 1.19. The largest absolute Gasteiger partial charge is 0.379 e. The van der Waals surface area contributed by atoms with E-state index in [4.69, 9.17) is 4.74 Å². The summed E-state index contributed by atoms with van der Waals surface area (Å²) >= 11 is 0. The Hall–Kier alpha value is -1.99. The van der Waals surface area contributed by atoms with Crippen molar-refractivity contribution in [1.29, 1.82) is 0 Å². The highest BCUT2D eigenvalue weighted by molar-refractivity contribution is 5.97. The number of hydrogen-bond donors (Lipinski definition) is 2. The van der Waals surface area contributed by atoms with Crippen LogP contribution in [0.5, 0.6) is 0 Å². The van der Waals surface area contributed by atoms with Crippen LogP contribution in [0.4, 0.5) is 0 Å². The van der Waals surface area contributed by atoms with Gasteiger partial charge in [0.2, 0.25) is 0 Å². The molecule has 2 aromatic rings. The molecule has 23 heavy (non-hydrogen) atoms. The lowest BCUT2D eigenvalue weighted by Crippen LogP contribution is -2.56. The van der Waals surface area contributed by atoms with E-state index in [2.05, 4.69) is 39.5 Å². The fourth-order valence-corrected chi connectivity index (χ4v) is 2.92. The van der Waals surface area contributed by atoms with Crippen molar-refractivity contribution in [1.82, 2.24) is 25.6 Å². The maximum atomic E-state index is 12.4. The molecule has 1 saturated heterocycles. The summed E-state index contributed by atoms with van der Waals surface area (Å²) < 4.78 is 5.42. The highest BCUT2D eigenvalue weighted by Gasteiger charge is 2.31. The summed E-state index contributed by atoms with van der Waals surface area (Å²) in [6, 6.07) is 5.33. The summed E-state index contributed by atoms with van der Waals surface area (Å²) in [6.07, 6.45) is 0.968. The predicted molar refractivity (Wildman–Crippen MR) is 87.3 cm³/mol. The molecule has 2 N–H and O–H groups in total. The molecule has 0 aliphatic carbocycles. The van der Waals surface area contributed by atoms with Crippen LogP contribution >= 0.6 is 0 Å². The van der Waals surface area contributed by atoms with Crippen molar-refractivity contribution in [2.24, 2.45) is 0 Å². The molecule has 0 radical (unpaired) electrons. The average Bonchev–Trinajstić information content (AvgIpc) is 3.07. The maximum absolute atomic E-state index is 12.4. The van der Waals surface area contributed by atoms with Crippen LogP contribution in [0.2, 0.25) is 0 Å². The van der Waals surface area contributed by atoms with E-state index < -0.39 is 0 Å². The van der Waals surface area contributed by atoms with Crippen LogP contribution in [0, 0.1) is 0 Å². The molecule has 1 fully saturated rings. The van der Waals surface area contributed by atoms with Crippen molar-refractivity contribution in [2.75, 3.05) is 32.8 Å². The zero-order valence-corrected chi connectivity index (χ0v) is 13.6. The maximum Gasteiger partial charge on any atom is 0.251 e. The number of H-pyrrole nitrogens is 1. The number of rotatable bonds is 5. The minimum atomic E-state index is -0.0807. The lowest BCUT2D eigenvalue weighted by Gasteiger charge is -2.43. The molecule has 0 saturated carbocycles. The van der Waals surface area contributed by atoms with Crippen molar-refractivity contribution in [2.45, 2.75) is 25.8 Å². The van der Waals surface area contributed by atoms with E-state index in [1.54, 1.807) is 18.2 Å². The zero-order chi connectivity index (χ0) is 16.3. The fraction of sp³-hybridized carbons (Fsp3) is 0.562. The Bertz CT molecular complexity index is 680. The number of carbonyl (C=O) groups is 1. The van der Waals surface area contributed by atoms with Crippen LogP contribution in [0.15, 0.2) is 18.2 Å². The lowest BCUT2D eigenvalue weighted by atomic mass is 9.95. The van der Waals surface area contributed by atoms with Gasteiger partial charge in [-0.3, -0.25) is 9.69 Å². The van der Waals surface area contributed by atoms with Crippen LogP contribution in [0.1, 0.15) is 30.6 Å². The summed E-state index contributed by atoms with van der Waals surface area (Å²) in [5.74, 6) is -0.0807. The number of aromatic nitrogens is 3. The molecule has 0 unspecified atom stereocenters. The van der Waals surface area contributed by atoms with Crippen LogP contribution in [0.25, 0.3) is 11.0 Å². The number of morpholine rings is 1. The first-order valence-corrected chi connectivity index (χ1v) is 8.04. The van der Waals surface area contributed by atoms with Crippen LogP contribution in [-0.4, -0.2) is 64.6 Å². The molecule has 1 aromatic carbocycles. The van der Waals surface area contributed by atoms with Gasteiger partial charge in [-0.2, -0.15) is 15.4 Å². The standard InChI is InChI=1S/C16H23N5O2/c1-3-16(2,21-6-8-23-9-7-21)11-17-15(22)12-4-5-13-14(10-12)19-20-18-13/h4-5,10H,3,6-9,11H2,1-2H3,(H,17,22)(H,18,19,20)/t16-/m1/s1. The Balaban J connectivity index is 1.66. The third kappa shape index (κ3) is 3.35. The third-order valence-corrected chi connectivity index (χ3v) is 4.74. The molecule has 1 aliphatic rings. The van der Waals surface area contributed by atoms with Crippen LogP contribution in [-0.2, 0) is 4.74 Å². The second-order valence-electron chi connectivity index (χ2n) is 6.16. The summed E-state index contributed by atoms with van der Waals surface area (Å²) in [7, 11) is 0. The van der Waals surface area contributed by atoms with Gasteiger partial charge in [0.25, 0.3) is 5.91 Å². The molecule has 2 heterocycles. The van der Waals surface area contributed by atoms with Gasteiger partial charge in [-0.1, -0.05) is 6.92 Å². The van der Waals surface area contributed by atoms with Crippen LogP contribution < -0.4 is 5.32 Å². The van der Waals surface area contributed by atoms with Crippen molar-refractivity contribution in [3.05, 3.63) is 23.8 Å². The minimum absolute atomic E-state index is 0.0581. The van der Waals surface area contributed by atoms with Crippen molar-refractivity contribution < 1.29 is 9.53 Å². The smallest absolute Gasteiger partial charge is 0.251 e. The number of carbonyl (C=O) groups excluding carboxylic acids is 1. The van der Waals surface area contributed by atoms with Gasteiger partial charge in [-0.25, -0.2) is 0 Å². The summed E-state index contributed by atoms with van der Waals surface area (Å²) in [4.78, 5) is 14.8. The van der Waals surface area contributed by atoms with Gasteiger partial charge in [-0.15, -0.1) is 0 Å². The Morgan fingerprint density at radius 2 is 2.09 bits per heavy atom. The Morgan fingerprint density at radius 3 is 2.83 bits per heavy atom. The molecule has 3 rings (SSSR count). The zero-order valence-electron chi connectivity index (χ0n) is 13.6. The summed E-state index contributed by atoms with van der Waals surface area (Å²) in [5, 5.41) is 13.6. The molecular weight excluding hydrogens is 294 g/mol. The minimum Gasteiger partial charge on any atom is -0.379 e. The first-order valence-electron chi connectivity index (χ1n) is 8.04. The molecule has 1 aliphatic heterocycles. The molecule has 0 spiro atoms. The van der Waals surface area contributed by atoms with E-state index in [9.17, 15) is 4.79 Å². The molecule has 7 heteroatoms. The number of aromatic amines is 1. The van der Waals surface area contributed by atoms with E-state index in [1.165, 1.54) is 0 Å². The SMILES string of the molecule is CC[C@](C)(CNC(=O)c1ccc2n[nH]nc2c1)N1CCOCC1. The van der Waals surface area contributed by atoms with Gasteiger partial charge < -0.3 is 10.1 Å². The topological polar surface area (TPSA) is 83.1 Å². The molecular formula is C16H23N5O2. The van der Waals surface area contributed by atoms with Crippen molar-refractivity contribution >= 4 is 16.9 Å². The van der Waals surface area contributed by atoms with Crippen molar-refractivity contribution in [3.63, 3.8) is 0 Å². The van der Waals surface area contributed by atoms with Gasteiger partial charge in [0, 0.05) is 30.7 Å². The van der Waals surface area contributed by atoms with Gasteiger partial charge in [0.15, 0.2) is 0 Å². The number of nitrogens with zero attached hydrogens (tertiary/aromatic N) is 3. The number of benzene rings is 1. The Labute approximate surface area is 135 Å². The second-order valence-corrected chi connectivity index (χ2v) is 6.16. The molecule has 124 valence electrons. The Kier molecular flexibility index (Phi) is 4.58. The Morgan fingerprint density at radius 1 is 1.35 bits per heavy atom.